The molecule has 1 radical (unpaired) electrons. The Balaban J connectivity index is 3.85. The number of hydrogen-bond donors (Lipinski definition) is 1. The molecular formula is CH4BO3S. The normalized spacial score (nSPS) is 11.0. The molecule has 0 heterocycles. The van der Waals surface area contributed by atoms with Crippen molar-refractivity contribution in [2.24, 2.45) is 0 Å². The fraction of sp³-hybridized carbons (Fsp3) is 1.00. The van der Waals surface area contributed by atoms with Crippen molar-refractivity contribution in [1.82, 2.24) is 0 Å². The fourth-order valence-electron chi connectivity index (χ4n) is 0. The van der Waals surface area contributed by atoms with Gasteiger partial charge >= 0.3 is 6.56 Å². The van der Waals surface area contributed by atoms with Gasteiger partial charge in [-0.05, 0) is 0 Å². The van der Waals surface area contributed by atoms with E-state index in [1.807, 2.05) is 0 Å². The lowest BCUT2D eigenvalue weighted by atomic mass is 10.2. The Labute approximate surface area is 37.3 Å². The molecule has 0 amide bonds. The third kappa shape index (κ3) is 3.97. The van der Waals surface area contributed by atoms with E-state index in [-0.39, 0.29) is 0 Å². The first kappa shape index (κ1) is 5.97. The largest absolute Gasteiger partial charge is 0.313 e. The molecule has 0 saturated carbocycles. The molecule has 6 heavy (non-hydrogen) atoms. The lowest BCUT2D eigenvalue weighted by Gasteiger charge is -1.77. The van der Waals surface area contributed by atoms with Crippen molar-refractivity contribution < 1.29 is 13.0 Å². The molecule has 0 rings (SSSR count). The minimum atomic E-state index is -3.79. The minimum Gasteiger partial charge on any atom is -0.295 e. The van der Waals surface area contributed by atoms with Crippen molar-refractivity contribution in [3.63, 3.8) is 0 Å². The maximum absolute atomic E-state index is 9.50. The molecule has 0 saturated heterocycles. The van der Waals surface area contributed by atoms with Crippen LogP contribution >= 0.6 is 0 Å². The second kappa shape index (κ2) is 1.62. The first-order chi connectivity index (χ1) is 2.56. The lowest BCUT2D eigenvalue weighted by molar-refractivity contribution is 0.500. The third-order valence-corrected chi connectivity index (χ3v) is 0.894. The zero-order chi connectivity index (χ0) is 5.21. The molecule has 0 aromatic carbocycles. The van der Waals surface area contributed by atoms with Crippen LogP contribution in [0.3, 0.4) is 0 Å². The fourth-order valence-corrected chi connectivity index (χ4v) is 0. The molecule has 0 aliphatic rings. The second-order valence-electron chi connectivity index (χ2n) is 0.751. The average Bonchev–Trinajstić information content (AvgIpc) is 1.35. The molecular weight excluding hydrogens is 103 g/mol. The molecule has 3 nitrogen and oxygen atoms in total. The molecule has 1 N–H and O–H groups in total. The summed E-state index contributed by atoms with van der Waals surface area (Å²) in [4.78, 5) is 0. The van der Waals surface area contributed by atoms with Gasteiger partial charge in [-0.2, -0.15) is 0 Å². The van der Waals surface area contributed by atoms with Crippen LogP contribution in [0.15, 0.2) is 0 Å². The first-order valence-corrected chi connectivity index (χ1v) is 2.83. The van der Waals surface area contributed by atoms with E-state index >= 15 is 0 Å². The highest BCUT2D eigenvalue weighted by Gasteiger charge is 1.97. The van der Waals surface area contributed by atoms with Gasteiger partial charge in [-0.3, -0.25) is 4.55 Å². The zero-order valence-corrected chi connectivity index (χ0v) is 4.07. The maximum Gasteiger partial charge on any atom is 0.313 e. The monoisotopic (exact) mass is 107 g/mol. The van der Waals surface area contributed by atoms with Gasteiger partial charge in [0.15, 0.2) is 0 Å². The van der Waals surface area contributed by atoms with Crippen LogP contribution < -0.4 is 0 Å². The number of hydrogen-bond acceptors (Lipinski definition) is 2. The third-order valence-electron chi connectivity index (χ3n) is 0.298. The van der Waals surface area contributed by atoms with Gasteiger partial charge in [-0.15, -0.1) is 0 Å². The Hall–Kier alpha value is -0.0251. The van der Waals surface area contributed by atoms with E-state index in [9.17, 15) is 8.42 Å². The molecule has 5 heteroatoms. The van der Waals surface area contributed by atoms with E-state index in [1.165, 1.54) is 6.82 Å². The van der Waals surface area contributed by atoms with E-state index in [4.69, 9.17) is 4.55 Å². The molecule has 0 unspecified atom stereocenters. The quantitative estimate of drug-likeness (QED) is 0.364. The van der Waals surface area contributed by atoms with Crippen LogP contribution in [0.1, 0.15) is 0 Å². The van der Waals surface area contributed by atoms with Crippen LogP contribution in [-0.4, -0.2) is 19.5 Å². The summed E-state index contributed by atoms with van der Waals surface area (Å²) in [6.07, 6.45) is 0. The molecule has 0 aliphatic carbocycles. The first-order valence-electron chi connectivity index (χ1n) is 1.33. The summed E-state index contributed by atoms with van der Waals surface area (Å²) in [5, 5.41) is 0. The minimum absolute atomic E-state index is 0.715. The summed E-state index contributed by atoms with van der Waals surface area (Å²) in [7, 11) is -3.79. The molecule has 0 aliphatic heterocycles. The molecule has 0 aromatic heterocycles. The van der Waals surface area contributed by atoms with E-state index in [1.54, 1.807) is 0 Å². The Morgan fingerprint density at radius 3 is 1.83 bits per heavy atom. The summed E-state index contributed by atoms with van der Waals surface area (Å²) in [6, 6.07) is 0. The van der Waals surface area contributed by atoms with Crippen LogP contribution in [0.2, 0.25) is 6.82 Å². The van der Waals surface area contributed by atoms with E-state index in [0.717, 1.165) is 0 Å². The van der Waals surface area contributed by atoms with Gasteiger partial charge in [0.25, 0.3) is 0 Å². The van der Waals surface area contributed by atoms with E-state index < -0.39 is 9.97 Å². The van der Waals surface area contributed by atoms with Gasteiger partial charge in [0.1, 0.15) is 0 Å². The molecule has 35 valence electrons. The van der Waals surface area contributed by atoms with Gasteiger partial charge in [0.05, 0.1) is 0 Å². The molecule has 0 fully saturated rings. The molecule has 0 aromatic rings. The summed E-state index contributed by atoms with van der Waals surface area (Å²) in [5.74, 6) is 0. The Morgan fingerprint density at radius 1 is 1.67 bits per heavy atom. The summed E-state index contributed by atoms with van der Waals surface area (Å²) < 4.78 is 26.7. The Morgan fingerprint density at radius 2 is 1.83 bits per heavy atom. The van der Waals surface area contributed by atoms with Crippen LogP contribution in [0.25, 0.3) is 0 Å². The average molecular weight is 107 g/mol. The summed E-state index contributed by atoms with van der Waals surface area (Å²) in [5.41, 5.74) is 0. The van der Waals surface area contributed by atoms with Crippen LogP contribution in [0, 0.1) is 0 Å². The van der Waals surface area contributed by atoms with Crippen molar-refractivity contribution in [2.45, 2.75) is 6.82 Å². The SMILES string of the molecule is C[B]S(=O)(=O)O. The van der Waals surface area contributed by atoms with Crippen LogP contribution in [0.4, 0.5) is 0 Å². The van der Waals surface area contributed by atoms with Crippen LogP contribution in [0.5, 0.6) is 0 Å². The lowest BCUT2D eigenvalue weighted by Crippen LogP contribution is -2.02. The second-order valence-corrected chi connectivity index (χ2v) is 2.25. The van der Waals surface area contributed by atoms with Crippen molar-refractivity contribution >= 4 is 16.5 Å². The Kier molecular flexibility index (Phi) is 1.61. The van der Waals surface area contributed by atoms with Crippen LogP contribution in [-0.2, 0) is 9.97 Å². The highest BCUT2D eigenvalue weighted by atomic mass is 32.2. The zero-order valence-electron chi connectivity index (χ0n) is 3.25. The van der Waals surface area contributed by atoms with Gasteiger partial charge in [-0.1, -0.05) is 6.82 Å². The predicted octanol–water partition coefficient (Wildman–Crippen LogP) is -0.458. The topological polar surface area (TPSA) is 54.4 Å². The van der Waals surface area contributed by atoms with Crippen molar-refractivity contribution in [3.8, 4) is 0 Å². The molecule has 0 bridgehead atoms. The molecule has 0 atom stereocenters. The van der Waals surface area contributed by atoms with Gasteiger partial charge in [0.2, 0.25) is 9.97 Å². The Bertz CT molecular complexity index is 113. The predicted molar refractivity (Wildman–Crippen MR) is 23.2 cm³/mol. The standard InChI is InChI=1S/CH4BO3S/c1-2-6(3,4)5/h1H3,(H,3,4,5). The van der Waals surface area contributed by atoms with Gasteiger partial charge in [0, 0.05) is 0 Å². The van der Waals surface area contributed by atoms with Crippen molar-refractivity contribution in [1.29, 1.82) is 0 Å². The summed E-state index contributed by atoms with van der Waals surface area (Å²) in [6.45, 7) is 1.96. The highest BCUT2D eigenvalue weighted by molar-refractivity contribution is 8.10. The smallest absolute Gasteiger partial charge is 0.295 e. The van der Waals surface area contributed by atoms with E-state index in [0.29, 0.717) is 6.56 Å². The van der Waals surface area contributed by atoms with Gasteiger partial charge in [-0.25, -0.2) is 8.42 Å². The van der Waals surface area contributed by atoms with Crippen molar-refractivity contribution in [3.05, 3.63) is 0 Å². The number of rotatable bonds is 1. The van der Waals surface area contributed by atoms with Gasteiger partial charge < -0.3 is 0 Å². The van der Waals surface area contributed by atoms with Crippen molar-refractivity contribution in [2.75, 3.05) is 0 Å². The molecule has 0 spiro atoms. The highest BCUT2D eigenvalue weighted by Crippen LogP contribution is 1.70. The summed E-state index contributed by atoms with van der Waals surface area (Å²) >= 11 is 0. The van der Waals surface area contributed by atoms with E-state index in [2.05, 4.69) is 0 Å². The maximum atomic E-state index is 9.50.